The minimum absolute atomic E-state index is 0.145. The molecule has 1 aromatic carbocycles. The number of carbonyl (C=O) groups is 2. The Labute approximate surface area is 147 Å². The van der Waals surface area contributed by atoms with Gasteiger partial charge in [-0.3, -0.25) is 9.59 Å². The molecule has 0 saturated carbocycles. The van der Waals surface area contributed by atoms with Crippen LogP contribution in [0.25, 0.3) is 0 Å². The van der Waals surface area contributed by atoms with E-state index in [9.17, 15) is 14.7 Å². The Hall–Kier alpha value is -1.63. The molecular weight excluding hydrogens is 332 g/mol. The Balaban J connectivity index is 2.48. The van der Waals surface area contributed by atoms with Gasteiger partial charge in [0.05, 0.1) is 12.5 Å². The topological polar surface area (TPSA) is 87.7 Å². The van der Waals surface area contributed by atoms with Crippen LogP contribution in [-0.4, -0.2) is 42.3 Å². The third-order valence-electron chi connectivity index (χ3n) is 3.32. The number of aliphatic carboxylic acids is 1. The van der Waals surface area contributed by atoms with Crippen molar-refractivity contribution in [3.63, 3.8) is 0 Å². The summed E-state index contributed by atoms with van der Waals surface area (Å²) in [4.78, 5) is 23.4. The fraction of sp³-hybridized carbons (Fsp3) is 0.529. The van der Waals surface area contributed by atoms with E-state index in [-0.39, 0.29) is 18.4 Å². The van der Waals surface area contributed by atoms with Gasteiger partial charge in [0.25, 0.3) is 0 Å². The second-order valence-corrected chi connectivity index (χ2v) is 6.27. The van der Waals surface area contributed by atoms with E-state index in [2.05, 4.69) is 10.6 Å². The average Bonchev–Trinajstić information content (AvgIpc) is 2.49. The number of amides is 1. The van der Waals surface area contributed by atoms with Crippen molar-refractivity contribution in [2.75, 3.05) is 18.5 Å². The highest BCUT2D eigenvalue weighted by Gasteiger charge is 2.20. The lowest BCUT2D eigenvalue weighted by molar-refractivity contribution is -0.141. The molecule has 0 fully saturated rings. The zero-order chi connectivity index (χ0) is 18.1. The van der Waals surface area contributed by atoms with Gasteiger partial charge in [-0.15, -0.1) is 0 Å². The summed E-state index contributed by atoms with van der Waals surface area (Å²) in [5, 5.41) is 15.3. The first-order valence-electron chi connectivity index (χ1n) is 7.93. The molecule has 134 valence electrons. The molecular formula is C17H25ClN2O4. The molecule has 3 N–H and O–H groups in total. The van der Waals surface area contributed by atoms with Gasteiger partial charge in [-0.2, -0.15) is 0 Å². The molecule has 0 saturated heterocycles. The summed E-state index contributed by atoms with van der Waals surface area (Å²) in [5.74, 6) is -1.43. The molecule has 0 aromatic heterocycles. The average molecular weight is 357 g/mol. The molecule has 0 bridgehead atoms. The van der Waals surface area contributed by atoms with E-state index >= 15 is 0 Å². The predicted molar refractivity (Wildman–Crippen MR) is 94.6 cm³/mol. The normalized spacial score (nSPS) is 12.2. The molecule has 0 aliphatic rings. The number of ether oxygens (including phenoxy) is 1. The molecule has 0 spiro atoms. The largest absolute Gasteiger partial charge is 0.480 e. The van der Waals surface area contributed by atoms with Crippen LogP contribution in [-0.2, 0) is 14.3 Å². The Morgan fingerprint density at radius 3 is 2.67 bits per heavy atom. The number of hydrogen-bond acceptors (Lipinski definition) is 4. The van der Waals surface area contributed by atoms with Crippen molar-refractivity contribution in [2.24, 2.45) is 0 Å². The molecule has 1 amide bonds. The van der Waals surface area contributed by atoms with Crippen LogP contribution >= 0.6 is 11.6 Å². The smallest absolute Gasteiger partial charge is 0.321 e. The number of anilines is 1. The molecule has 0 aliphatic heterocycles. The van der Waals surface area contributed by atoms with Crippen LogP contribution in [0.15, 0.2) is 18.2 Å². The number of halogens is 1. The summed E-state index contributed by atoms with van der Waals surface area (Å²) in [6, 6.07) is 4.22. The summed E-state index contributed by atoms with van der Waals surface area (Å²) < 4.78 is 5.39. The number of carbonyl (C=O) groups excluding carboxylic acids is 1. The van der Waals surface area contributed by atoms with Crippen molar-refractivity contribution in [3.05, 3.63) is 28.8 Å². The van der Waals surface area contributed by atoms with Crippen molar-refractivity contribution in [1.29, 1.82) is 0 Å². The number of hydrogen-bond donors (Lipinski definition) is 3. The number of carboxylic acid groups (broad SMARTS) is 1. The quantitative estimate of drug-likeness (QED) is 0.561. The molecule has 24 heavy (non-hydrogen) atoms. The van der Waals surface area contributed by atoms with Gasteiger partial charge in [-0.05, 0) is 51.4 Å². The number of aryl methyl sites for hydroxylation is 1. The van der Waals surface area contributed by atoms with E-state index in [0.717, 1.165) is 5.56 Å². The van der Waals surface area contributed by atoms with E-state index in [0.29, 0.717) is 30.3 Å². The first-order chi connectivity index (χ1) is 11.3. The SMILES string of the molecule is Cc1ccc(Cl)cc1NC(=O)C[C@H](NCCCOC(C)C)C(=O)O. The van der Waals surface area contributed by atoms with Crippen LogP contribution in [0.3, 0.4) is 0 Å². The highest BCUT2D eigenvalue weighted by Crippen LogP contribution is 2.20. The Morgan fingerprint density at radius 2 is 2.04 bits per heavy atom. The highest BCUT2D eigenvalue weighted by molar-refractivity contribution is 6.31. The molecule has 1 aromatic rings. The lowest BCUT2D eigenvalue weighted by Gasteiger charge is -2.15. The van der Waals surface area contributed by atoms with E-state index in [4.69, 9.17) is 16.3 Å². The Morgan fingerprint density at radius 1 is 1.33 bits per heavy atom. The van der Waals surface area contributed by atoms with Gasteiger partial charge in [0.15, 0.2) is 0 Å². The number of carboxylic acids is 1. The number of benzene rings is 1. The van der Waals surface area contributed by atoms with Crippen molar-refractivity contribution in [3.8, 4) is 0 Å². The molecule has 7 heteroatoms. The van der Waals surface area contributed by atoms with Crippen LogP contribution < -0.4 is 10.6 Å². The summed E-state index contributed by atoms with van der Waals surface area (Å²) >= 11 is 5.91. The zero-order valence-electron chi connectivity index (χ0n) is 14.3. The van der Waals surface area contributed by atoms with Crippen molar-refractivity contribution in [1.82, 2.24) is 5.32 Å². The first kappa shape index (κ1) is 20.4. The lowest BCUT2D eigenvalue weighted by atomic mass is 10.1. The zero-order valence-corrected chi connectivity index (χ0v) is 15.0. The summed E-state index contributed by atoms with van der Waals surface area (Å²) in [5.41, 5.74) is 1.44. The van der Waals surface area contributed by atoms with Crippen molar-refractivity contribution in [2.45, 2.75) is 45.8 Å². The Kier molecular flexibility index (Phi) is 8.74. The van der Waals surface area contributed by atoms with Crippen molar-refractivity contribution < 1.29 is 19.4 Å². The van der Waals surface area contributed by atoms with Gasteiger partial charge in [0.1, 0.15) is 6.04 Å². The molecule has 0 aliphatic carbocycles. The van der Waals surface area contributed by atoms with Crippen molar-refractivity contribution >= 4 is 29.2 Å². The third kappa shape index (κ3) is 7.77. The second-order valence-electron chi connectivity index (χ2n) is 5.83. The predicted octanol–water partition coefficient (Wildman–Crippen LogP) is 2.83. The molecule has 1 atom stereocenters. The van der Waals surface area contributed by atoms with E-state index in [1.807, 2.05) is 20.8 Å². The monoisotopic (exact) mass is 356 g/mol. The molecule has 6 nitrogen and oxygen atoms in total. The standard InChI is InChI=1S/C17H25ClN2O4/c1-11(2)24-8-4-7-19-15(17(22)23)10-16(21)20-14-9-13(18)6-5-12(14)3/h5-6,9,11,15,19H,4,7-8,10H2,1-3H3,(H,20,21)(H,22,23)/t15-/m0/s1. The first-order valence-corrected chi connectivity index (χ1v) is 8.31. The van der Waals surface area contributed by atoms with Crippen LogP contribution in [0, 0.1) is 6.92 Å². The van der Waals surface area contributed by atoms with E-state index in [1.165, 1.54) is 0 Å². The summed E-state index contributed by atoms with van der Waals surface area (Å²) in [6.07, 6.45) is 0.663. The fourth-order valence-electron chi connectivity index (χ4n) is 2.03. The molecule has 0 unspecified atom stereocenters. The Bertz CT molecular complexity index is 564. The molecule has 0 heterocycles. The molecule has 1 rings (SSSR count). The van der Waals surface area contributed by atoms with Gasteiger partial charge >= 0.3 is 5.97 Å². The van der Waals surface area contributed by atoms with Crippen LogP contribution in [0.5, 0.6) is 0 Å². The maximum atomic E-state index is 12.1. The van der Waals surface area contributed by atoms with Gasteiger partial charge in [0, 0.05) is 17.3 Å². The van der Waals surface area contributed by atoms with Gasteiger partial charge < -0.3 is 20.5 Å². The van der Waals surface area contributed by atoms with Gasteiger partial charge in [0.2, 0.25) is 5.91 Å². The third-order valence-corrected chi connectivity index (χ3v) is 3.56. The van der Waals surface area contributed by atoms with Gasteiger partial charge in [-0.1, -0.05) is 17.7 Å². The van der Waals surface area contributed by atoms with Crippen LogP contribution in [0.1, 0.15) is 32.3 Å². The highest BCUT2D eigenvalue weighted by atomic mass is 35.5. The lowest BCUT2D eigenvalue weighted by Crippen LogP contribution is -2.40. The summed E-state index contributed by atoms with van der Waals surface area (Å²) in [6.45, 7) is 6.73. The van der Waals surface area contributed by atoms with Gasteiger partial charge in [-0.25, -0.2) is 0 Å². The maximum Gasteiger partial charge on any atom is 0.321 e. The maximum absolute atomic E-state index is 12.1. The minimum atomic E-state index is -1.06. The second kappa shape index (κ2) is 10.3. The van der Waals surface area contributed by atoms with Crippen LogP contribution in [0.4, 0.5) is 5.69 Å². The fourth-order valence-corrected chi connectivity index (χ4v) is 2.20. The minimum Gasteiger partial charge on any atom is -0.480 e. The summed E-state index contributed by atoms with van der Waals surface area (Å²) in [7, 11) is 0. The van der Waals surface area contributed by atoms with E-state index < -0.39 is 12.0 Å². The van der Waals surface area contributed by atoms with E-state index in [1.54, 1.807) is 18.2 Å². The van der Waals surface area contributed by atoms with Crippen LogP contribution in [0.2, 0.25) is 5.02 Å². The number of rotatable bonds is 10. The molecule has 0 radical (unpaired) electrons. The number of nitrogens with one attached hydrogen (secondary N) is 2.